The Morgan fingerprint density at radius 2 is 2.00 bits per heavy atom. The molecule has 0 radical (unpaired) electrons. The number of carbonyl (C=O) groups excluding carboxylic acids is 2. The molecule has 22 heavy (non-hydrogen) atoms. The van der Waals surface area contributed by atoms with E-state index in [1.165, 1.54) is 11.8 Å². The normalized spacial score (nSPS) is 15.8. The van der Waals surface area contributed by atoms with Crippen molar-refractivity contribution in [3.05, 3.63) is 0 Å². The number of ether oxygens (including phenoxy) is 1. The van der Waals surface area contributed by atoms with Crippen LogP contribution in [0, 0.1) is 0 Å². The molecule has 1 aliphatic rings. The quantitative estimate of drug-likeness (QED) is 0.635. The summed E-state index contributed by atoms with van der Waals surface area (Å²) in [6, 6.07) is 0.0491. The van der Waals surface area contributed by atoms with Crippen LogP contribution in [0.15, 0.2) is 0 Å². The van der Waals surface area contributed by atoms with Crippen LogP contribution in [-0.2, 0) is 14.3 Å². The van der Waals surface area contributed by atoms with Gasteiger partial charge < -0.3 is 20.7 Å². The highest BCUT2D eigenvalue weighted by molar-refractivity contribution is 8.00. The minimum Gasteiger partial charge on any atom is -0.378 e. The molecule has 0 bridgehead atoms. The molecule has 1 aliphatic heterocycles. The Balaban J connectivity index is 0.00000441. The first-order valence-electron chi connectivity index (χ1n) is 7.60. The number of nitrogens with two attached hydrogens (primary N) is 1. The highest BCUT2D eigenvalue weighted by atomic mass is 35.5. The Morgan fingerprint density at radius 1 is 1.32 bits per heavy atom. The van der Waals surface area contributed by atoms with E-state index >= 15 is 0 Å². The smallest absolute Gasteiger partial charge is 0.232 e. The first kappa shape index (κ1) is 21.5. The minimum atomic E-state index is -0.0404. The summed E-state index contributed by atoms with van der Waals surface area (Å²) in [7, 11) is 0. The van der Waals surface area contributed by atoms with E-state index in [-0.39, 0.29) is 30.3 Å². The van der Waals surface area contributed by atoms with Gasteiger partial charge in [-0.25, -0.2) is 0 Å². The van der Waals surface area contributed by atoms with Crippen LogP contribution in [0.3, 0.4) is 0 Å². The summed E-state index contributed by atoms with van der Waals surface area (Å²) < 4.78 is 5.20. The minimum absolute atomic E-state index is 0. The number of morpholine rings is 1. The number of thioether (sulfide) groups is 1. The van der Waals surface area contributed by atoms with Crippen molar-refractivity contribution in [2.24, 2.45) is 5.73 Å². The molecule has 0 aromatic heterocycles. The molecule has 6 nitrogen and oxygen atoms in total. The predicted molar refractivity (Wildman–Crippen MR) is 92.5 cm³/mol. The van der Waals surface area contributed by atoms with Gasteiger partial charge in [0.2, 0.25) is 11.8 Å². The molecule has 1 fully saturated rings. The average Bonchev–Trinajstić information content (AvgIpc) is 2.52. The zero-order chi connectivity index (χ0) is 15.5. The molecule has 130 valence electrons. The molecule has 0 aromatic rings. The van der Waals surface area contributed by atoms with Gasteiger partial charge in [-0.05, 0) is 6.42 Å². The Morgan fingerprint density at radius 3 is 2.59 bits per heavy atom. The zero-order valence-corrected chi connectivity index (χ0v) is 14.8. The van der Waals surface area contributed by atoms with Crippen LogP contribution in [0.4, 0.5) is 0 Å². The molecular weight excluding hydrogens is 326 g/mol. The molecule has 2 amide bonds. The van der Waals surface area contributed by atoms with Crippen molar-refractivity contribution in [1.82, 2.24) is 10.2 Å². The summed E-state index contributed by atoms with van der Waals surface area (Å²) in [5, 5.41) is 2.93. The van der Waals surface area contributed by atoms with Gasteiger partial charge in [-0.2, -0.15) is 0 Å². The number of unbranched alkanes of at least 4 members (excludes halogenated alkanes) is 1. The molecule has 1 heterocycles. The lowest BCUT2D eigenvalue weighted by atomic mass is 10.1. The third-order valence-corrected chi connectivity index (χ3v) is 4.30. The van der Waals surface area contributed by atoms with E-state index in [1.807, 2.05) is 0 Å². The monoisotopic (exact) mass is 353 g/mol. The molecular formula is C14H28ClN3O3S. The van der Waals surface area contributed by atoms with Crippen LogP contribution >= 0.6 is 24.2 Å². The second-order valence-electron chi connectivity index (χ2n) is 5.13. The highest BCUT2D eigenvalue weighted by Crippen LogP contribution is 2.06. The fraction of sp³-hybridized carbons (Fsp3) is 0.857. The maximum absolute atomic E-state index is 11.9. The summed E-state index contributed by atoms with van der Waals surface area (Å²) in [6.45, 7) is 5.08. The number of rotatable bonds is 9. The standard InChI is InChI=1S/C14H27N3O3S.ClH/c1-2-3-4-12(9-15)16-13(18)10-21-11-14(19)17-5-7-20-8-6-17;/h12H,2-11,15H2,1H3,(H,16,18);1H. The van der Waals surface area contributed by atoms with Gasteiger partial charge in [0.05, 0.1) is 24.7 Å². The maximum atomic E-state index is 11.9. The van der Waals surface area contributed by atoms with Gasteiger partial charge in [-0.15, -0.1) is 24.2 Å². The SMILES string of the molecule is CCCCC(CN)NC(=O)CSCC(=O)N1CCOCC1.Cl. The van der Waals surface area contributed by atoms with E-state index in [2.05, 4.69) is 12.2 Å². The van der Waals surface area contributed by atoms with E-state index in [9.17, 15) is 9.59 Å². The molecule has 1 atom stereocenters. The number of nitrogens with one attached hydrogen (secondary N) is 1. The van der Waals surface area contributed by atoms with E-state index in [1.54, 1.807) is 4.90 Å². The van der Waals surface area contributed by atoms with E-state index in [0.29, 0.717) is 44.4 Å². The van der Waals surface area contributed by atoms with Gasteiger partial charge in [0.1, 0.15) is 0 Å². The van der Waals surface area contributed by atoms with Crippen LogP contribution in [0.2, 0.25) is 0 Å². The van der Waals surface area contributed by atoms with Crippen molar-refractivity contribution >= 4 is 36.0 Å². The number of halogens is 1. The maximum Gasteiger partial charge on any atom is 0.232 e. The van der Waals surface area contributed by atoms with E-state index in [0.717, 1.165) is 19.3 Å². The number of nitrogens with zero attached hydrogens (tertiary/aromatic N) is 1. The van der Waals surface area contributed by atoms with Gasteiger partial charge in [-0.1, -0.05) is 19.8 Å². The summed E-state index contributed by atoms with van der Waals surface area (Å²) in [4.78, 5) is 25.5. The summed E-state index contributed by atoms with van der Waals surface area (Å²) in [6.07, 6.45) is 3.07. The van der Waals surface area contributed by atoms with Crippen LogP contribution in [-0.4, -0.2) is 67.1 Å². The van der Waals surface area contributed by atoms with Crippen molar-refractivity contribution in [2.75, 3.05) is 44.4 Å². The third kappa shape index (κ3) is 8.82. The van der Waals surface area contributed by atoms with Crippen LogP contribution in [0.1, 0.15) is 26.2 Å². The van der Waals surface area contributed by atoms with E-state index < -0.39 is 0 Å². The molecule has 1 rings (SSSR count). The van der Waals surface area contributed by atoms with E-state index in [4.69, 9.17) is 10.5 Å². The fourth-order valence-corrected chi connectivity index (χ4v) is 2.83. The third-order valence-electron chi connectivity index (χ3n) is 3.38. The van der Waals surface area contributed by atoms with Gasteiger partial charge in [-0.3, -0.25) is 9.59 Å². The second-order valence-corrected chi connectivity index (χ2v) is 6.11. The number of amides is 2. The Hall–Kier alpha value is -0.500. The lowest BCUT2D eigenvalue weighted by Gasteiger charge is -2.26. The van der Waals surface area contributed by atoms with Gasteiger partial charge in [0.25, 0.3) is 0 Å². The number of carbonyl (C=O) groups is 2. The van der Waals surface area contributed by atoms with Crippen molar-refractivity contribution in [1.29, 1.82) is 0 Å². The highest BCUT2D eigenvalue weighted by Gasteiger charge is 2.17. The predicted octanol–water partition coefficient (Wildman–Crippen LogP) is 0.634. The zero-order valence-electron chi connectivity index (χ0n) is 13.2. The summed E-state index contributed by atoms with van der Waals surface area (Å²) in [5.74, 6) is 0.688. The van der Waals surface area contributed by atoms with Crippen LogP contribution in [0.5, 0.6) is 0 Å². The molecule has 8 heteroatoms. The Kier molecular flexibility index (Phi) is 12.7. The first-order valence-corrected chi connectivity index (χ1v) is 8.75. The second kappa shape index (κ2) is 13.0. The molecule has 1 saturated heterocycles. The van der Waals surface area contributed by atoms with Crippen LogP contribution in [0.25, 0.3) is 0 Å². The molecule has 0 spiro atoms. The van der Waals surface area contributed by atoms with Gasteiger partial charge >= 0.3 is 0 Å². The molecule has 0 saturated carbocycles. The Labute approximate surface area is 143 Å². The lowest BCUT2D eigenvalue weighted by molar-refractivity contribution is -0.132. The summed E-state index contributed by atoms with van der Waals surface area (Å²) in [5.41, 5.74) is 5.64. The molecule has 1 unspecified atom stereocenters. The molecule has 0 aliphatic carbocycles. The van der Waals surface area contributed by atoms with Crippen molar-refractivity contribution in [2.45, 2.75) is 32.2 Å². The van der Waals surface area contributed by atoms with Crippen molar-refractivity contribution < 1.29 is 14.3 Å². The van der Waals surface area contributed by atoms with Gasteiger partial charge in [0.15, 0.2) is 0 Å². The van der Waals surface area contributed by atoms with Crippen LogP contribution < -0.4 is 11.1 Å². The fourth-order valence-electron chi connectivity index (χ4n) is 2.10. The number of hydrogen-bond donors (Lipinski definition) is 2. The first-order chi connectivity index (χ1) is 10.2. The van der Waals surface area contributed by atoms with Gasteiger partial charge in [0, 0.05) is 25.7 Å². The lowest BCUT2D eigenvalue weighted by Crippen LogP contribution is -2.42. The Bertz CT molecular complexity index is 328. The average molecular weight is 354 g/mol. The summed E-state index contributed by atoms with van der Waals surface area (Å²) >= 11 is 1.35. The van der Waals surface area contributed by atoms with Crippen molar-refractivity contribution in [3.63, 3.8) is 0 Å². The van der Waals surface area contributed by atoms with Crippen molar-refractivity contribution in [3.8, 4) is 0 Å². The largest absolute Gasteiger partial charge is 0.378 e. The topological polar surface area (TPSA) is 84.7 Å². The number of hydrogen-bond acceptors (Lipinski definition) is 5. The molecule has 0 aromatic carbocycles. The molecule has 3 N–H and O–H groups in total.